The highest BCUT2D eigenvalue weighted by Crippen LogP contribution is 2.46. The maximum absolute atomic E-state index is 12.7. The van der Waals surface area contributed by atoms with Crippen LogP contribution in [0.4, 0.5) is 26.3 Å². The Balaban J connectivity index is 2.42. The van der Waals surface area contributed by atoms with E-state index in [1.807, 2.05) is 18.2 Å². The van der Waals surface area contributed by atoms with Gasteiger partial charge < -0.3 is 15.3 Å². The molecule has 1 saturated carbocycles. The van der Waals surface area contributed by atoms with Gasteiger partial charge in [0.05, 0.1) is 12.2 Å². The second-order valence-corrected chi connectivity index (χ2v) is 8.97. The van der Waals surface area contributed by atoms with Crippen LogP contribution in [-0.2, 0) is 0 Å². The minimum absolute atomic E-state index is 0.130. The van der Waals surface area contributed by atoms with E-state index in [1.165, 1.54) is 0 Å². The fraction of sp³-hybridized carbons (Fsp3) is 0.810. The molecular weight excluding hydrogens is 414 g/mol. The van der Waals surface area contributed by atoms with Crippen molar-refractivity contribution in [2.75, 3.05) is 0 Å². The summed E-state index contributed by atoms with van der Waals surface area (Å²) in [5.41, 5.74) is -4.17. The van der Waals surface area contributed by atoms with Crippen LogP contribution in [0.25, 0.3) is 0 Å². The standard InChI is InChI=1S/C21H32F6O3/c1-18(2,10-7-11-19(30,20(22,23)24)21(25,26)27)9-6-4-3-5-8-15-12-16(28)14-17(29)13-15/h3,5,8,16-17,28-30H,4,6-7,9-14H2,1-2H3/b5-3+/t16-,17-/m1/s1. The van der Waals surface area contributed by atoms with Crippen molar-refractivity contribution in [1.82, 2.24) is 0 Å². The van der Waals surface area contributed by atoms with Crippen molar-refractivity contribution in [3.8, 4) is 0 Å². The predicted molar refractivity (Wildman–Crippen MR) is 102 cm³/mol. The Morgan fingerprint density at radius 3 is 1.87 bits per heavy atom. The van der Waals surface area contributed by atoms with Gasteiger partial charge in [0, 0.05) is 0 Å². The van der Waals surface area contributed by atoms with Gasteiger partial charge in [-0.3, -0.25) is 0 Å². The molecule has 0 spiro atoms. The first-order chi connectivity index (χ1) is 13.6. The van der Waals surface area contributed by atoms with E-state index in [9.17, 15) is 41.7 Å². The van der Waals surface area contributed by atoms with Gasteiger partial charge in [0.1, 0.15) is 0 Å². The molecule has 176 valence electrons. The number of aliphatic hydroxyl groups is 3. The minimum Gasteiger partial charge on any atom is -0.393 e. The molecule has 1 aliphatic rings. The van der Waals surface area contributed by atoms with Crippen LogP contribution in [0.2, 0.25) is 0 Å². The summed E-state index contributed by atoms with van der Waals surface area (Å²) < 4.78 is 76.3. The smallest absolute Gasteiger partial charge is 0.393 e. The monoisotopic (exact) mass is 446 g/mol. The fourth-order valence-corrected chi connectivity index (χ4v) is 3.70. The molecule has 0 aromatic carbocycles. The lowest BCUT2D eigenvalue weighted by Crippen LogP contribution is -2.56. The van der Waals surface area contributed by atoms with Gasteiger partial charge in [-0.1, -0.05) is 37.6 Å². The minimum atomic E-state index is -5.76. The molecule has 0 bridgehead atoms. The summed E-state index contributed by atoms with van der Waals surface area (Å²) in [6.07, 6.45) is -5.26. The van der Waals surface area contributed by atoms with Crippen LogP contribution in [0.1, 0.15) is 71.6 Å². The van der Waals surface area contributed by atoms with Gasteiger partial charge in [-0.05, 0) is 63.2 Å². The van der Waals surface area contributed by atoms with E-state index in [-0.39, 0.29) is 6.42 Å². The molecule has 3 N–H and O–H groups in total. The first-order valence-electron chi connectivity index (χ1n) is 10.1. The molecule has 0 amide bonds. The lowest BCUT2D eigenvalue weighted by atomic mass is 9.80. The zero-order valence-electron chi connectivity index (χ0n) is 17.4. The summed E-state index contributed by atoms with van der Waals surface area (Å²) in [6, 6.07) is 0. The Hall–Kier alpha value is -1.06. The number of hydrogen-bond acceptors (Lipinski definition) is 3. The largest absolute Gasteiger partial charge is 0.426 e. The number of allylic oxidation sites excluding steroid dienone is 3. The predicted octanol–water partition coefficient (Wildman–Crippen LogP) is 5.60. The van der Waals surface area contributed by atoms with Gasteiger partial charge in [-0.15, -0.1) is 0 Å². The van der Waals surface area contributed by atoms with Crippen molar-refractivity contribution in [2.45, 2.75) is 102 Å². The van der Waals surface area contributed by atoms with Gasteiger partial charge in [-0.25, -0.2) is 0 Å². The fourth-order valence-electron chi connectivity index (χ4n) is 3.70. The third-order valence-electron chi connectivity index (χ3n) is 5.56. The molecular formula is C21H32F6O3. The molecule has 0 aromatic heterocycles. The Labute approximate surface area is 173 Å². The summed E-state index contributed by atoms with van der Waals surface area (Å²) in [6.45, 7) is 3.56. The van der Waals surface area contributed by atoms with Crippen LogP contribution in [0, 0.1) is 5.41 Å². The van der Waals surface area contributed by atoms with E-state index in [1.54, 1.807) is 13.8 Å². The molecule has 0 saturated heterocycles. The van der Waals surface area contributed by atoms with Gasteiger partial charge in [0.15, 0.2) is 0 Å². The summed E-state index contributed by atoms with van der Waals surface area (Å²) >= 11 is 0. The lowest BCUT2D eigenvalue weighted by Gasteiger charge is -2.33. The highest BCUT2D eigenvalue weighted by atomic mass is 19.4. The number of unbranched alkanes of at least 4 members (excludes halogenated alkanes) is 1. The van der Waals surface area contributed by atoms with Crippen LogP contribution >= 0.6 is 0 Å². The summed E-state index contributed by atoms with van der Waals surface area (Å²) in [7, 11) is 0. The highest BCUT2D eigenvalue weighted by molar-refractivity contribution is 5.16. The molecule has 0 unspecified atom stereocenters. The van der Waals surface area contributed by atoms with Gasteiger partial charge in [0.25, 0.3) is 5.60 Å². The van der Waals surface area contributed by atoms with Crippen molar-refractivity contribution >= 4 is 0 Å². The third kappa shape index (κ3) is 8.23. The molecule has 1 aliphatic carbocycles. The average Bonchev–Trinajstić information content (AvgIpc) is 2.54. The van der Waals surface area contributed by atoms with Crippen molar-refractivity contribution < 1.29 is 41.7 Å². The molecule has 1 fully saturated rings. The second-order valence-electron chi connectivity index (χ2n) is 8.97. The second kappa shape index (κ2) is 10.5. The SMILES string of the molecule is CC(C)(CCC/C=C/C=C1C[C@@H](O)C[C@H](O)C1)CCCC(O)(C(F)(F)F)C(F)(F)F. The molecule has 0 aromatic rings. The van der Waals surface area contributed by atoms with Crippen LogP contribution in [-0.4, -0.2) is 45.5 Å². The van der Waals surface area contributed by atoms with Crippen molar-refractivity contribution in [3.05, 3.63) is 23.8 Å². The van der Waals surface area contributed by atoms with Gasteiger partial charge >= 0.3 is 12.4 Å². The summed E-state index contributed by atoms with van der Waals surface area (Å²) in [5.74, 6) is 0. The number of rotatable bonds is 9. The summed E-state index contributed by atoms with van der Waals surface area (Å²) in [5, 5.41) is 28.4. The Kier molecular flexibility index (Phi) is 9.44. The molecule has 9 heteroatoms. The van der Waals surface area contributed by atoms with E-state index in [0.29, 0.717) is 38.5 Å². The molecule has 2 atom stereocenters. The number of halogens is 6. The topological polar surface area (TPSA) is 60.7 Å². The van der Waals surface area contributed by atoms with E-state index in [2.05, 4.69) is 0 Å². The zero-order valence-corrected chi connectivity index (χ0v) is 17.4. The van der Waals surface area contributed by atoms with E-state index >= 15 is 0 Å². The Morgan fingerprint density at radius 1 is 0.867 bits per heavy atom. The normalized spacial score (nSPS) is 22.0. The molecule has 0 radical (unpaired) electrons. The Morgan fingerprint density at radius 2 is 1.37 bits per heavy atom. The first-order valence-corrected chi connectivity index (χ1v) is 10.1. The van der Waals surface area contributed by atoms with Crippen LogP contribution in [0.15, 0.2) is 23.8 Å². The van der Waals surface area contributed by atoms with Crippen molar-refractivity contribution in [3.63, 3.8) is 0 Å². The van der Waals surface area contributed by atoms with Gasteiger partial charge in [0.2, 0.25) is 0 Å². The third-order valence-corrected chi connectivity index (χ3v) is 5.56. The number of alkyl halides is 6. The van der Waals surface area contributed by atoms with Crippen LogP contribution in [0.3, 0.4) is 0 Å². The first kappa shape index (κ1) is 27.0. The van der Waals surface area contributed by atoms with Crippen molar-refractivity contribution in [1.29, 1.82) is 0 Å². The number of hydrogen-bond donors (Lipinski definition) is 3. The molecule has 3 nitrogen and oxygen atoms in total. The lowest BCUT2D eigenvalue weighted by molar-refractivity contribution is -0.370. The van der Waals surface area contributed by atoms with Crippen LogP contribution < -0.4 is 0 Å². The van der Waals surface area contributed by atoms with Crippen molar-refractivity contribution in [2.24, 2.45) is 5.41 Å². The zero-order chi connectivity index (χ0) is 23.2. The molecule has 30 heavy (non-hydrogen) atoms. The maximum atomic E-state index is 12.7. The molecule has 0 aliphatic heterocycles. The molecule has 0 heterocycles. The molecule has 1 rings (SSSR count). The van der Waals surface area contributed by atoms with E-state index in [4.69, 9.17) is 0 Å². The highest BCUT2D eigenvalue weighted by Gasteiger charge is 2.69. The number of aliphatic hydroxyl groups excluding tert-OH is 2. The average molecular weight is 446 g/mol. The Bertz CT molecular complexity index is 567. The van der Waals surface area contributed by atoms with Gasteiger partial charge in [-0.2, -0.15) is 26.3 Å². The van der Waals surface area contributed by atoms with Crippen LogP contribution in [0.5, 0.6) is 0 Å². The summed E-state index contributed by atoms with van der Waals surface area (Å²) in [4.78, 5) is 0. The quantitative estimate of drug-likeness (QED) is 0.319. The maximum Gasteiger partial charge on any atom is 0.426 e. The van der Waals surface area contributed by atoms with E-state index in [0.717, 1.165) is 5.57 Å². The van der Waals surface area contributed by atoms with E-state index < -0.39 is 48.4 Å².